The van der Waals surface area contributed by atoms with Gasteiger partial charge >= 0.3 is 6.01 Å². The number of nitrogens with zero attached hydrogens (tertiary/aromatic N) is 3. The van der Waals surface area contributed by atoms with Crippen LogP contribution in [0, 0.1) is 0 Å². The smallest absolute Gasteiger partial charge is 0.316 e. The van der Waals surface area contributed by atoms with E-state index in [0.29, 0.717) is 22.5 Å². The third kappa shape index (κ3) is 2.97. The van der Waals surface area contributed by atoms with Gasteiger partial charge in [0, 0.05) is 5.39 Å². The lowest BCUT2D eigenvalue weighted by molar-refractivity contribution is 0.414. The van der Waals surface area contributed by atoms with Crippen LogP contribution in [0.25, 0.3) is 22.4 Å². The topological polar surface area (TPSA) is 88.9 Å². The monoisotopic (exact) mass is 369 g/mol. The predicted molar refractivity (Wildman–Crippen MR) is 99.4 cm³/mol. The molecule has 0 saturated heterocycles. The van der Waals surface area contributed by atoms with Gasteiger partial charge in [-0.15, -0.1) is 5.10 Å². The highest BCUT2D eigenvalue weighted by Crippen LogP contribution is 2.33. The summed E-state index contributed by atoms with van der Waals surface area (Å²) >= 11 is 6.44. The summed E-state index contributed by atoms with van der Waals surface area (Å²) in [4.78, 5) is 0. The van der Waals surface area contributed by atoms with Gasteiger partial charge in [-0.2, -0.15) is 5.10 Å². The van der Waals surface area contributed by atoms with Crippen LogP contribution in [0.1, 0.15) is 18.5 Å². The van der Waals surface area contributed by atoms with Gasteiger partial charge in [0.15, 0.2) is 0 Å². The maximum absolute atomic E-state index is 6.44. The molecule has 0 aliphatic rings. The molecular formula is C18H16ClN5O2. The Bertz CT molecular complexity index is 1060. The molecule has 0 spiro atoms. The Morgan fingerprint density at radius 2 is 2.12 bits per heavy atom. The molecule has 0 fully saturated rings. The fourth-order valence-electron chi connectivity index (χ4n) is 2.72. The van der Waals surface area contributed by atoms with Crippen molar-refractivity contribution >= 4 is 28.5 Å². The number of aromatic nitrogens is 4. The van der Waals surface area contributed by atoms with Crippen LogP contribution in [-0.4, -0.2) is 27.5 Å². The zero-order chi connectivity index (χ0) is 18.1. The Balaban J connectivity index is 1.58. The molecule has 2 heterocycles. The first-order valence-electron chi connectivity index (χ1n) is 8.01. The van der Waals surface area contributed by atoms with Crippen molar-refractivity contribution in [2.75, 3.05) is 12.4 Å². The van der Waals surface area contributed by atoms with Crippen molar-refractivity contribution in [3.05, 3.63) is 53.2 Å². The van der Waals surface area contributed by atoms with Crippen LogP contribution in [0.4, 0.5) is 6.01 Å². The number of methoxy groups -OCH3 is 1. The van der Waals surface area contributed by atoms with E-state index < -0.39 is 0 Å². The van der Waals surface area contributed by atoms with Gasteiger partial charge in [-0.3, -0.25) is 5.10 Å². The van der Waals surface area contributed by atoms with Crippen LogP contribution >= 0.6 is 11.6 Å². The molecule has 7 nitrogen and oxygen atoms in total. The van der Waals surface area contributed by atoms with Gasteiger partial charge in [0.05, 0.1) is 35.5 Å². The van der Waals surface area contributed by atoms with E-state index in [1.54, 1.807) is 13.3 Å². The standard InChI is InChI=1S/C18H16ClN5O2/c1-10(11-4-3-5-12(8-11)25-2)21-18-24-23-17(26-18)13-6-7-15-14(16(13)19)9-20-22-15/h3-10H,1-2H3,(H,20,22)(H,21,24)/t10-/m1/s1. The first-order valence-corrected chi connectivity index (χ1v) is 8.39. The van der Waals surface area contributed by atoms with Gasteiger partial charge in [-0.05, 0) is 36.8 Å². The second-order valence-corrected chi connectivity index (χ2v) is 6.19. The zero-order valence-electron chi connectivity index (χ0n) is 14.2. The van der Waals surface area contributed by atoms with E-state index in [0.717, 1.165) is 22.2 Å². The minimum atomic E-state index is -0.0368. The van der Waals surface area contributed by atoms with E-state index in [1.807, 2.05) is 43.3 Å². The Kier molecular flexibility index (Phi) is 4.22. The van der Waals surface area contributed by atoms with Crippen LogP contribution in [-0.2, 0) is 0 Å². The fourth-order valence-corrected chi connectivity index (χ4v) is 3.01. The summed E-state index contributed by atoms with van der Waals surface area (Å²) in [5.41, 5.74) is 2.56. The number of hydrogen-bond acceptors (Lipinski definition) is 6. The van der Waals surface area contributed by atoms with Crippen molar-refractivity contribution < 1.29 is 9.15 Å². The Labute approximate surface area is 154 Å². The first-order chi connectivity index (χ1) is 12.7. The summed E-state index contributed by atoms with van der Waals surface area (Å²) in [7, 11) is 1.64. The number of anilines is 1. The molecule has 0 radical (unpaired) electrons. The summed E-state index contributed by atoms with van der Waals surface area (Å²) < 4.78 is 11.0. The maximum atomic E-state index is 6.44. The number of aromatic amines is 1. The van der Waals surface area contributed by atoms with E-state index in [4.69, 9.17) is 20.8 Å². The molecule has 2 aromatic heterocycles. The summed E-state index contributed by atoms with van der Waals surface area (Å²) in [6, 6.07) is 11.8. The molecule has 26 heavy (non-hydrogen) atoms. The van der Waals surface area contributed by atoms with E-state index in [-0.39, 0.29) is 6.04 Å². The van der Waals surface area contributed by atoms with Crippen molar-refractivity contribution in [2.45, 2.75) is 13.0 Å². The minimum absolute atomic E-state index is 0.0368. The minimum Gasteiger partial charge on any atom is -0.497 e. The van der Waals surface area contributed by atoms with Crippen LogP contribution in [0.15, 0.2) is 47.0 Å². The predicted octanol–water partition coefficient (Wildman–Crippen LogP) is 4.45. The summed E-state index contributed by atoms with van der Waals surface area (Å²) in [5, 5.41) is 19.6. The number of halogens is 1. The first kappa shape index (κ1) is 16.4. The molecule has 4 rings (SSSR count). The number of hydrogen-bond donors (Lipinski definition) is 2. The van der Waals surface area contributed by atoms with Crippen LogP contribution in [0.2, 0.25) is 5.02 Å². The molecule has 0 amide bonds. The van der Waals surface area contributed by atoms with Crippen molar-refractivity contribution in [2.24, 2.45) is 0 Å². The van der Waals surface area contributed by atoms with Gasteiger partial charge in [0.1, 0.15) is 5.75 Å². The van der Waals surface area contributed by atoms with Gasteiger partial charge in [0.25, 0.3) is 5.89 Å². The van der Waals surface area contributed by atoms with Gasteiger partial charge in [0.2, 0.25) is 0 Å². The Morgan fingerprint density at radius 1 is 1.23 bits per heavy atom. The molecule has 0 unspecified atom stereocenters. The number of nitrogens with one attached hydrogen (secondary N) is 2. The third-order valence-corrected chi connectivity index (χ3v) is 4.55. The quantitative estimate of drug-likeness (QED) is 0.540. The summed E-state index contributed by atoms with van der Waals surface area (Å²) in [6.07, 6.45) is 1.67. The van der Waals surface area contributed by atoms with E-state index in [1.165, 1.54) is 0 Å². The van der Waals surface area contributed by atoms with Crippen molar-refractivity contribution in [3.8, 4) is 17.2 Å². The normalized spacial score (nSPS) is 12.3. The average molecular weight is 370 g/mol. The Morgan fingerprint density at radius 3 is 2.96 bits per heavy atom. The van der Waals surface area contributed by atoms with Gasteiger partial charge in [-0.1, -0.05) is 28.8 Å². The summed E-state index contributed by atoms with van der Waals surface area (Å²) in [5.74, 6) is 1.14. The molecule has 4 aromatic rings. The largest absolute Gasteiger partial charge is 0.497 e. The number of fused-ring (bicyclic) bond motifs is 1. The number of rotatable bonds is 5. The highest BCUT2D eigenvalue weighted by molar-refractivity contribution is 6.37. The van der Waals surface area contributed by atoms with Crippen molar-refractivity contribution in [1.29, 1.82) is 0 Å². The molecule has 132 valence electrons. The second kappa shape index (κ2) is 6.68. The highest BCUT2D eigenvalue weighted by atomic mass is 35.5. The fraction of sp³-hybridized carbons (Fsp3) is 0.167. The number of H-pyrrole nitrogens is 1. The Hall–Kier alpha value is -3.06. The maximum Gasteiger partial charge on any atom is 0.316 e. The molecule has 0 aliphatic heterocycles. The lowest BCUT2D eigenvalue weighted by Crippen LogP contribution is -2.06. The van der Waals surface area contributed by atoms with Gasteiger partial charge in [-0.25, -0.2) is 0 Å². The second-order valence-electron chi connectivity index (χ2n) is 5.81. The molecule has 0 bridgehead atoms. The zero-order valence-corrected chi connectivity index (χ0v) is 14.9. The lowest BCUT2D eigenvalue weighted by atomic mass is 10.1. The molecule has 0 aliphatic carbocycles. The van der Waals surface area contributed by atoms with Crippen LogP contribution < -0.4 is 10.1 Å². The van der Waals surface area contributed by atoms with Crippen molar-refractivity contribution in [1.82, 2.24) is 20.4 Å². The average Bonchev–Trinajstić information content (AvgIpc) is 3.32. The van der Waals surface area contributed by atoms with Crippen LogP contribution in [0.3, 0.4) is 0 Å². The molecule has 2 N–H and O–H groups in total. The molecule has 8 heteroatoms. The highest BCUT2D eigenvalue weighted by Gasteiger charge is 2.16. The molecule has 0 saturated carbocycles. The molecular weight excluding hydrogens is 354 g/mol. The lowest BCUT2D eigenvalue weighted by Gasteiger charge is -2.13. The van der Waals surface area contributed by atoms with E-state index in [9.17, 15) is 0 Å². The van der Waals surface area contributed by atoms with Gasteiger partial charge < -0.3 is 14.5 Å². The molecule has 1 atom stereocenters. The van der Waals surface area contributed by atoms with Crippen molar-refractivity contribution in [3.63, 3.8) is 0 Å². The number of ether oxygens (including phenoxy) is 1. The summed E-state index contributed by atoms with van der Waals surface area (Å²) in [6.45, 7) is 2.00. The van der Waals surface area contributed by atoms with Crippen LogP contribution in [0.5, 0.6) is 5.75 Å². The SMILES string of the molecule is COc1cccc([C@@H](C)Nc2nnc(-c3ccc4[nH]ncc4c3Cl)o2)c1. The van der Waals surface area contributed by atoms with E-state index in [2.05, 4.69) is 25.7 Å². The van der Waals surface area contributed by atoms with E-state index >= 15 is 0 Å². The molecule has 2 aromatic carbocycles. The third-order valence-electron chi connectivity index (χ3n) is 4.15. The number of benzene rings is 2.